The lowest BCUT2D eigenvalue weighted by molar-refractivity contribution is -0.133. The van der Waals surface area contributed by atoms with Crippen molar-refractivity contribution >= 4 is 21.4 Å². The molecule has 0 radical (unpaired) electrons. The fourth-order valence-electron chi connectivity index (χ4n) is 2.10. The summed E-state index contributed by atoms with van der Waals surface area (Å²) < 4.78 is 22.0. The highest BCUT2D eigenvalue weighted by molar-refractivity contribution is 7.92. The van der Waals surface area contributed by atoms with Crippen LogP contribution in [0.1, 0.15) is 25.0 Å². The minimum Gasteiger partial charge on any atom is -0.399 e. The summed E-state index contributed by atoms with van der Waals surface area (Å²) in [5, 5.41) is 0. The summed E-state index contributed by atoms with van der Waals surface area (Å²) in [4.78, 5) is 13.9. The Morgan fingerprint density at radius 1 is 1.26 bits per heavy atom. The molecule has 0 unspecified atom stereocenters. The summed E-state index contributed by atoms with van der Waals surface area (Å²) in [6.07, 6.45) is 1.09. The summed E-state index contributed by atoms with van der Waals surface area (Å²) in [5.41, 5.74) is 8.36. The number of nitrogens with two attached hydrogens (primary N) is 1. The maximum Gasteiger partial charge on any atom is 0.244 e. The Balaban J connectivity index is 2.27. The lowest BCUT2D eigenvalue weighted by Crippen LogP contribution is -2.47. The van der Waals surface area contributed by atoms with E-state index < -0.39 is 14.6 Å². The predicted molar refractivity (Wildman–Crippen MR) is 74.0 cm³/mol. The molecule has 104 valence electrons. The molecule has 0 saturated carbocycles. The number of anilines is 1. The number of carbonyl (C=O) groups excluding carboxylic acids is 1. The van der Waals surface area contributed by atoms with Gasteiger partial charge in [-0.1, -0.05) is 6.07 Å². The van der Waals surface area contributed by atoms with Crippen LogP contribution in [0.4, 0.5) is 5.69 Å². The molecule has 1 amide bonds. The smallest absolute Gasteiger partial charge is 0.244 e. The Hall–Kier alpha value is -1.56. The zero-order valence-corrected chi connectivity index (χ0v) is 12.1. The van der Waals surface area contributed by atoms with Crippen LogP contribution in [0.5, 0.6) is 0 Å². The molecule has 1 heterocycles. The molecule has 1 aromatic carbocycles. The first kappa shape index (κ1) is 13.9. The molecule has 1 aromatic rings. The van der Waals surface area contributed by atoms with Crippen LogP contribution >= 0.6 is 0 Å². The summed E-state index contributed by atoms with van der Waals surface area (Å²) in [6, 6.07) is 5.50. The number of carbonyl (C=O) groups is 1. The third-order valence-corrected chi connectivity index (χ3v) is 5.71. The molecule has 19 heavy (non-hydrogen) atoms. The van der Waals surface area contributed by atoms with E-state index in [0.29, 0.717) is 18.8 Å². The monoisotopic (exact) mass is 282 g/mol. The Labute approximate surface area is 113 Å². The molecule has 2 rings (SSSR count). The van der Waals surface area contributed by atoms with Crippen molar-refractivity contribution in [2.45, 2.75) is 31.7 Å². The van der Waals surface area contributed by atoms with Crippen LogP contribution in [0.2, 0.25) is 0 Å². The Kier molecular flexibility index (Phi) is 3.09. The van der Waals surface area contributed by atoms with Crippen molar-refractivity contribution in [3.05, 3.63) is 29.3 Å². The molecule has 5 nitrogen and oxygen atoms in total. The highest BCUT2D eigenvalue weighted by atomic mass is 32.2. The molecular weight excluding hydrogens is 264 g/mol. The number of hydrogen-bond acceptors (Lipinski definition) is 4. The average molecular weight is 282 g/mol. The van der Waals surface area contributed by atoms with Gasteiger partial charge in [-0.05, 0) is 37.1 Å². The van der Waals surface area contributed by atoms with Crippen LogP contribution in [0.3, 0.4) is 0 Å². The fourth-order valence-corrected chi connectivity index (χ4v) is 2.54. The molecule has 2 N–H and O–H groups in total. The average Bonchev–Trinajstić information content (AvgIpc) is 2.68. The van der Waals surface area contributed by atoms with Gasteiger partial charge in [0, 0.05) is 25.0 Å². The topological polar surface area (TPSA) is 80.5 Å². The van der Waals surface area contributed by atoms with Crippen LogP contribution in [0, 0.1) is 0 Å². The third kappa shape index (κ3) is 2.32. The van der Waals surface area contributed by atoms with E-state index in [0.717, 1.165) is 17.4 Å². The van der Waals surface area contributed by atoms with Gasteiger partial charge in [-0.3, -0.25) is 4.79 Å². The number of fused-ring (bicyclic) bond motifs is 1. The van der Waals surface area contributed by atoms with Crippen LogP contribution in [0.25, 0.3) is 0 Å². The minimum atomic E-state index is -3.45. The number of nitrogen functional groups attached to an aromatic ring is 1. The van der Waals surface area contributed by atoms with Crippen molar-refractivity contribution in [1.82, 2.24) is 4.90 Å². The van der Waals surface area contributed by atoms with Crippen LogP contribution in [-0.4, -0.2) is 30.2 Å². The van der Waals surface area contributed by atoms with Gasteiger partial charge >= 0.3 is 0 Å². The summed E-state index contributed by atoms with van der Waals surface area (Å²) in [7, 11) is -3.45. The van der Waals surface area contributed by atoms with E-state index in [4.69, 9.17) is 5.73 Å². The van der Waals surface area contributed by atoms with Gasteiger partial charge in [0.25, 0.3) is 0 Å². The second-order valence-corrected chi connectivity index (χ2v) is 8.04. The number of hydrogen-bond donors (Lipinski definition) is 1. The molecule has 1 aliphatic rings. The van der Waals surface area contributed by atoms with Crippen molar-refractivity contribution in [3.8, 4) is 0 Å². The number of rotatable bonds is 2. The van der Waals surface area contributed by atoms with E-state index in [-0.39, 0.29) is 5.91 Å². The molecule has 0 bridgehead atoms. The fraction of sp³-hybridized carbons (Fsp3) is 0.462. The highest BCUT2D eigenvalue weighted by Crippen LogP contribution is 2.28. The van der Waals surface area contributed by atoms with Gasteiger partial charge in [-0.2, -0.15) is 0 Å². The molecule has 0 spiro atoms. The maximum absolute atomic E-state index is 12.4. The van der Waals surface area contributed by atoms with Crippen molar-refractivity contribution in [1.29, 1.82) is 0 Å². The van der Waals surface area contributed by atoms with E-state index in [2.05, 4.69) is 0 Å². The van der Waals surface area contributed by atoms with E-state index in [1.807, 2.05) is 12.1 Å². The molecule has 0 aliphatic carbocycles. The van der Waals surface area contributed by atoms with Crippen molar-refractivity contribution in [2.24, 2.45) is 0 Å². The normalized spacial score (nSPS) is 15.4. The number of benzene rings is 1. The van der Waals surface area contributed by atoms with Crippen LogP contribution in [-0.2, 0) is 27.7 Å². The first-order valence-corrected chi connectivity index (χ1v) is 7.88. The van der Waals surface area contributed by atoms with Gasteiger partial charge in [-0.25, -0.2) is 8.42 Å². The SMILES string of the molecule is CC(C)(C(=O)N1Cc2ccc(N)cc2C1)S(C)(=O)=O. The maximum atomic E-state index is 12.4. The second-order valence-electron chi connectivity index (χ2n) is 5.47. The lowest BCUT2D eigenvalue weighted by atomic mass is 10.1. The van der Waals surface area contributed by atoms with Crippen LogP contribution in [0.15, 0.2) is 18.2 Å². The Morgan fingerprint density at radius 3 is 2.42 bits per heavy atom. The van der Waals surface area contributed by atoms with Gasteiger partial charge in [-0.15, -0.1) is 0 Å². The Bertz CT molecular complexity index is 635. The summed E-state index contributed by atoms with van der Waals surface area (Å²) in [6.45, 7) is 3.75. The van der Waals surface area contributed by atoms with E-state index in [9.17, 15) is 13.2 Å². The third-order valence-electron chi connectivity index (χ3n) is 3.68. The summed E-state index contributed by atoms with van der Waals surface area (Å²) >= 11 is 0. The lowest BCUT2D eigenvalue weighted by Gasteiger charge is -2.27. The van der Waals surface area contributed by atoms with E-state index >= 15 is 0 Å². The molecule has 6 heteroatoms. The predicted octanol–water partition coefficient (Wildman–Crippen LogP) is 0.934. The van der Waals surface area contributed by atoms with Gasteiger partial charge in [0.2, 0.25) is 5.91 Å². The zero-order chi connectivity index (χ0) is 14.4. The second kappa shape index (κ2) is 4.23. The highest BCUT2D eigenvalue weighted by Gasteiger charge is 2.42. The van der Waals surface area contributed by atoms with Gasteiger partial charge < -0.3 is 10.6 Å². The molecule has 0 fully saturated rings. The molecule has 0 atom stereocenters. The Morgan fingerprint density at radius 2 is 1.84 bits per heavy atom. The first-order chi connectivity index (χ1) is 8.63. The summed E-state index contributed by atoms with van der Waals surface area (Å²) in [5.74, 6) is -0.371. The van der Waals surface area contributed by atoms with Crippen molar-refractivity contribution < 1.29 is 13.2 Å². The first-order valence-electron chi connectivity index (χ1n) is 5.99. The number of sulfone groups is 1. The van der Waals surface area contributed by atoms with Gasteiger partial charge in [0.05, 0.1) is 0 Å². The van der Waals surface area contributed by atoms with E-state index in [1.165, 1.54) is 13.8 Å². The minimum absolute atomic E-state index is 0.371. The van der Waals surface area contributed by atoms with Crippen LogP contribution < -0.4 is 5.73 Å². The molecule has 0 aromatic heterocycles. The number of amides is 1. The zero-order valence-electron chi connectivity index (χ0n) is 11.3. The largest absolute Gasteiger partial charge is 0.399 e. The standard InChI is InChI=1S/C13H18N2O3S/c1-13(2,19(3,17)18)12(16)15-7-9-4-5-11(14)6-10(9)8-15/h4-6H,7-8,14H2,1-3H3. The van der Waals surface area contributed by atoms with Crippen molar-refractivity contribution in [3.63, 3.8) is 0 Å². The molecular formula is C13H18N2O3S. The van der Waals surface area contributed by atoms with E-state index in [1.54, 1.807) is 11.0 Å². The van der Waals surface area contributed by atoms with Crippen molar-refractivity contribution in [2.75, 3.05) is 12.0 Å². The van der Waals surface area contributed by atoms with Gasteiger partial charge in [0.1, 0.15) is 4.75 Å². The van der Waals surface area contributed by atoms with Gasteiger partial charge in [0.15, 0.2) is 9.84 Å². The quantitative estimate of drug-likeness (QED) is 0.818. The number of nitrogens with zero attached hydrogens (tertiary/aromatic N) is 1. The molecule has 0 saturated heterocycles. The molecule has 1 aliphatic heterocycles.